The van der Waals surface area contributed by atoms with Crippen molar-refractivity contribution in [3.63, 3.8) is 0 Å². The summed E-state index contributed by atoms with van der Waals surface area (Å²) in [5.41, 5.74) is 0.313. The summed E-state index contributed by atoms with van der Waals surface area (Å²) in [5, 5.41) is 10.1. The first-order chi connectivity index (χ1) is 15.0. The maximum absolute atomic E-state index is 13.9. The molecular weight excluding hydrogens is 395 g/mol. The molecular formula is C24H29FN4O2. The van der Waals surface area contributed by atoms with Crippen LogP contribution in [0.25, 0.3) is 0 Å². The van der Waals surface area contributed by atoms with Crippen LogP contribution in [0.3, 0.4) is 0 Å². The number of carbonyl (C=O) groups excluding carboxylic acids is 2. The van der Waals surface area contributed by atoms with E-state index in [-0.39, 0.29) is 36.0 Å². The third-order valence-corrected chi connectivity index (χ3v) is 7.42. The molecule has 4 aliphatic rings. The van der Waals surface area contributed by atoms with Gasteiger partial charge in [-0.3, -0.25) is 9.59 Å². The number of nitrogens with zero attached hydrogens (tertiary/aromatic N) is 2. The molecule has 4 saturated carbocycles. The van der Waals surface area contributed by atoms with Gasteiger partial charge in [-0.25, -0.2) is 9.07 Å². The molecule has 4 aliphatic carbocycles. The molecule has 0 radical (unpaired) electrons. The van der Waals surface area contributed by atoms with Crippen LogP contribution in [0, 0.1) is 29.0 Å². The Labute approximate surface area is 181 Å². The Balaban J connectivity index is 1.13. The lowest BCUT2D eigenvalue weighted by atomic mass is 9.49. The zero-order valence-corrected chi connectivity index (χ0v) is 17.6. The molecule has 0 unspecified atom stereocenters. The molecule has 6 rings (SSSR count). The second-order valence-corrected chi connectivity index (χ2v) is 9.72. The summed E-state index contributed by atoms with van der Waals surface area (Å²) in [5.74, 6) is 2.31. The topological polar surface area (TPSA) is 76.0 Å². The quantitative estimate of drug-likeness (QED) is 0.711. The first kappa shape index (κ1) is 20.2. The Morgan fingerprint density at radius 3 is 2.42 bits per heavy atom. The Kier molecular flexibility index (Phi) is 5.28. The number of hydrogen-bond acceptors (Lipinski definition) is 3. The van der Waals surface area contributed by atoms with Crippen molar-refractivity contribution in [2.45, 2.75) is 51.5 Å². The predicted octanol–water partition coefficient (Wildman–Crippen LogP) is 3.73. The zero-order chi connectivity index (χ0) is 21.4. The van der Waals surface area contributed by atoms with Crippen LogP contribution in [0.15, 0.2) is 36.5 Å². The number of nitrogens with one attached hydrogen (secondary N) is 2. The molecule has 164 valence electrons. The van der Waals surface area contributed by atoms with Crippen molar-refractivity contribution >= 4 is 17.6 Å². The second kappa shape index (κ2) is 8.09. The first-order valence-corrected chi connectivity index (χ1v) is 11.3. The Morgan fingerprint density at radius 2 is 1.74 bits per heavy atom. The highest BCUT2D eigenvalue weighted by molar-refractivity contribution is 5.90. The van der Waals surface area contributed by atoms with Crippen molar-refractivity contribution in [2.75, 3.05) is 11.9 Å². The molecule has 1 aromatic heterocycles. The number of benzene rings is 1. The van der Waals surface area contributed by atoms with Crippen LogP contribution in [0.5, 0.6) is 0 Å². The number of carbonyl (C=O) groups is 2. The fourth-order valence-corrected chi connectivity index (χ4v) is 6.42. The molecule has 4 fully saturated rings. The van der Waals surface area contributed by atoms with Crippen molar-refractivity contribution in [2.24, 2.45) is 23.2 Å². The summed E-state index contributed by atoms with van der Waals surface area (Å²) in [6, 6.07) is 8.20. The average molecular weight is 425 g/mol. The van der Waals surface area contributed by atoms with E-state index >= 15 is 0 Å². The van der Waals surface area contributed by atoms with Gasteiger partial charge in [0.15, 0.2) is 0 Å². The average Bonchev–Trinajstić information content (AvgIpc) is 3.15. The molecule has 4 bridgehead atoms. The molecule has 0 aliphatic heterocycles. The van der Waals surface area contributed by atoms with Crippen LogP contribution in [-0.4, -0.2) is 28.1 Å². The number of rotatable bonds is 7. The molecule has 2 amide bonds. The van der Waals surface area contributed by atoms with Crippen LogP contribution in [-0.2, 0) is 16.1 Å². The van der Waals surface area contributed by atoms with Crippen LogP contribution in [0.2, 0.25) is 0 Å². The van der Waals surface area contributed by atoms with Gasteiger partial charge in [0.25, 0.3) is 0 Å². The summed E-state index contributed by atoms with van der Waals surface area (Å²) in [6.07, 6.45) is 8.74. The SMILES string of the molecule is O=C(CCNC(=O)C12CC3CC(CC(C3)C1)C2)Nc1ccnn1Cc1ccccc1F. The Hall–Kier alpha value is -2.70. The highest BCUT2D eigenvalue weighted by atomic mass is 19.1. The third kappa shape index (κ3) is 4.10. The minimum Gasteiger partial charge on any atom is -0.355 e. The van der Waals surface area contributed by atoms with E-state index in [0.29, 0.717) is 17.9 Å². The molecule has 0 atom stereocenters. The standard InChI is InChI=1S/C24H29FN4O2/c25-20-4-2-1-3-19(20)15-29-21(5-8-27-29)28-22(30)6-7-26-23(31)24-12-16-9-17(13-24)11-18(10-16)14-24/h1-5,8,16-18H,6-7,9-15H2,(H,26,31)(H,28,30). The lowest BCUT2D eigenvalue weighted by molar-refractivity contribution is -0.146. The first-order valence-electron chi connectivity index (χ1n) is 11.3. The molecule has 0 saturated heterocycles. The maximum atomic E-state index is 13.9. The monoisotopic (exact) mass is 424 g/mol. The molecule has 1 aromatic carbocycles. The molecule has 6 nitrogen and oxygen atoms in total. The van der Waals surface area contributed by atoms with E-state index in [1.165, 1.54) is 25.3 Å². The van der Waals surface area contributed by atoms with Gasteiger partial charge in [-0.05, 0) is 62.3 Å². The van der Waals surface area contributed by atoms with E-state index in [9.17, 15) is 14.0 Å². The number of amides is 2. The highest BCUT2D eigenvalue weighted by Gasteiger charge is 2.54. The van der Waals surface area contributed by atoms with Crippen LogP contribution >= 0.6 is 0 Å². The van der Waals surface area contributed by atoms with E-state index in [0.717, 1.165) is 37.0 Å². The Morgan fingerprint density at radius 1 is 1.06 bits per heavy atom. The minimum atomic E-state index is -0.303. The molecule has 2 aromatic rings. The smallest absolute Gasteiger partial charge is 0.227 e. The van der Waals surface area contributed by atoms with Crippen LogP contribution in [0.1, 0.15) is 50.5 Å². The van der Waals surface area contributed by atoms with E-state index < -0.39 is 0 Å². The van der Waals surface area contributed by atoms with Gasteiger partial charge in [-0.15, -0.1) is 0 Å². The summed E-state index contributed by atoms with van der Waals surface area (Å²) < 4.78 is 15.5. The summed E-state index contributed by atoms with van der Waals surface area (Å²) in [7, 11) is 0. The number of aromatic nitrogens is 2. The second-order valence-electron chi connectivity index (χ2n) is 9.72. The summed E-state index contributed by atoms with van der Waals surface area (Å²) in [6.45, 7) is 0.561. The largest absolute Gasteiger partial charge is 0.355 e. The van der Waals surface area contributed by atoms with Gasteiger partial charge >= 0.3 is 0 Å². The van der Waals surface area contributed by atoms with Crippen molar-refractivity contribution in [1.82, 2.24) is 15.1 Å². The van der Waals surface area contributed by atoms with Crippen LogP contribution in [0.4, 0.5) is 10.2 Å². The van der Waals surface area contributed by atoms with E-state index in [4.69, 9.17) is 0 Å². The van der Waals surface area contributed by atoms with Crippen LogP contribution < -0.4 is 10.6 Å². The molecule has 2 N–H and O–H groups in total. The molecule has 0 spiro atoms. The van der Waals surface area contributed by atoms with Gasteiger partial charge in [0.1, 0.15) is 11.6 Å². The van der Waals surface area contributed by atoms with Crippen molar-refractivity contribution in [3.05, 3.63) is 47.9 Å². The van der Waals surface area contributed by atoms with E-state index in [1.54, 1.807) is 35.1 Å². The predicted molar refractivity (Wildman–Crippen MR) is 115 cm³/mol. The van der Waals surface area contributed by atoms with E-state index in [1.807, 2.05) is 0 Å². The van der Waals surface area contributed by atoms with Gasteiger partial charge in [-0.2, -0.15) is 5.10 Å². The maximum Gasteiger partial charge on any atom is 0.227 e. The van der Waals surface area contributed by atoms with Gasteiger partial charge < -0.3 is 10.6 Å². The number of hydrogen-bond donors (Lipinski definition) is 2. The normalized spacial score (nSPS) is 28.5. The minimum absolute atomic E-state index is 0.143. The van der Waals surface area contributed by atoms with Gasteiger partial charge in [0.2, 0.25) is 11.8 Å². The molecule has 1 heterocycles. The lowest BCUT2D eigenvalue weighted by Crippen LogP contribution is -2.53. The molecule has 31 heavy (non-hydrogen) atoms. The zero-order valence-electron chi connectivity index (χ0n) is 17.6. The fraction of sp³-hybridized carbons (Fsp3) is 0.542. The fourth-order valence-electron chi connectivity index (χ4n) is 6.42. The number of halogens is 1. The third-order valence-electron chi connectivity index (χ3n) is 7.42. The van der Waals surface area contributed by atoms with Crippen molar-refractivity contribution in [3.8, 4) is 0 Å². The van der Waals surface area contributed by atoms with Crippen molar-refractivity contribution < 1.29 is 14.0 Å². The highest BCUT2D eigenvalue weighted by Crippen LogP contribution is 2.60. The number of anilines is 1. The molecule has 7 heteroatoms. The van der Waals surface area contributed by atoms with Gasteiger partial charge in [-0.1, -0.05) is 18.2 Å². The Bertz CT molecular complexity index is 950. The lowest BCUT2D eigenvalue weighted by Gasteiger charge is -2.55. The van der Waals surface area contributed by atoms with E-state index in [2.05, 4.69) is 15.7 Å². The van der Waals surface area contributed by atoms with Gasteiger partial charge in [0, 0.05) is 30.0 Å². The summed E-state index contributed by atoms with van der Waals surface area (Å²) >= 11 is 0. The van der Waals surface area contributed by atoms with Crippen molar-refractivity contribution in [1.29, 1.82) is 0 Å². The van der Waals surface area contributed by atoms with Gasteiger partial charge in [0.05, 0.1) is 12.7 Å². The summed E-state index contributed by atoms with van der Waals surface area (Å²) in [4.78, 5) is 25.4.